The summed E-state index contributed by atoms with van der Waals surface area (Å²) in [6, 6.07) is 9.43. The molecule has 3 nitrogen and oxygen atoms in total. The summed E-state index contributed by atoms with van der Waals surface area (Å²) in [6.45, 7) is 15.8. The quantitative estimate of drug-likeness (QED) is 0.753. The lowest BCUT2D eigenvalue weighted by molar-refractivity contribution is 0.160. The zero-order valence-electron chi connectivity index (χ0n) is 15.6. The van der Waals surface area contributed by atoms with Crippen molar-refractivity contribution in [3.05, 3.63) is 29.8 Å². The highest BCUT2D eigenvalue weighted by Crippen LogP contribution is 2.29. The average Bonchev–Trinajstić information content (AvgIpc) is 2.48. The van der Waals surface area contributed by atoms with Crippen LogP contribution in [-0.4, -0.2) is 39.4 Å². The zero-order valence-corrected chi connectivity index (χ0v) is 16.6. The van der Waals surface area contributed by atoms with Crippen molar-refractivity contribution in [2.75, 3.05) is 26.2 Å². The molecule has 0 amide bonds. The predicted molar refractivity (Wildman–Crippen MR) is 102 cm³/mol. The molecule has 1 aromatic rings. The Morgan fingerprint density at radius 2 is 1.65 bits per heavy atom. The molecular formula is C19H34N2OSi. The fourth-order valence-electron chi connectivity index (χ4n) is 3.16. The van der Waals surface area contributed by atoms with Gasteiger partial charge in [-0.15, -0.1) is 0 Å². The molecule has 0 aromatic heterocycles. The van der Waals surface area contributed by atoms with Gasteiger partial charge in [-0.05, 0) is 56.1 Å². The molecule has 1 N–H and O–H groups in total. The fourth-order valence-corrected chi connectivity index (χ4v) is 4.00. The van der Waals surface area contributed by atoms with Crippen molar-refractivity contribution in [1.82, 2.24) is 10.2 Å². The van der Waals surface area contributed by atoms with Gasteiger partial charge in [-0.1, -0.05) is 26.0 Å². The van der Waals surface area contributed by atoms with Crippen molar-refractivity contribution in [3.8, 4) is 5.75 Å². The molecule has 0 saturated carbocycles. The van der Waals surface area contributed by atoms with E-state index < -0.39 is 8.32 Å². The van der Waals surface area contributed by atoms with Crippen molar-refractivity contribution in [2.24, 2.45) is 5.92 Å². The molecule has 1 saturated heterocycles. The van der Waals surface area contributed by atoms with Gasteiger partial charge in [0.25, 0.3) is 0 Å². The maximum Gasteiger partial charge on any atom is 0.242 e. The molecule has 1 aliphatic rings. The van der Waals surface area contributed by atoms with Crippen LogP contribution >= 0.6 is 0 Å². The SMILES string of the molecule is CC(C)CC[C@H](c1ccc(O[Si](C)(C)C)cc1)N1CCNCC1. The lowest BCUT2D eigenvalue weighted by atomic mass is 9.95. The molecule has 1 fully saturated rings. The van der Waals surface area contributed by atoms with E-state index in [0.29, 0.717) is 6.04 Å². The third kappa shape index (κ3) is 6.28. The van der Waals surface area contributed by atoms with Crippen LogP contribution in [0.1, 0.15) is 38.3 Å². The summed E-state index contributed by atoms with van der Waals surface area (Å²) in [5, 5.41) is 3.46. The van der Waals surface area contributed by atoms with E-state index in [0.717, 1.165) is 37.8 Å². The van der Waals surface area contributed by atoms with Gasteiger partial charge < -0.3 is 9.74 Å². The summed E-state index contributed by atoms with van der Waals surface area (Å²) in [4.78, 5) is 2.65. The average molecular weight is 335 g/mol. The summed E-state index contributed by atoms with van der Waals surface area (Å²) < 4.78 is 6.10. The second kappa shape index (κ2) is 8.31. The zero-order chi connectivity index (χ0) is 16.9. The summed E-state index contributed by atoms with van der Waals surface area (Å²) in [6.07, 6.45) is 2.52. The molecule has 1 heterocycles. The van der Waals surface area contributed by atoms with Gasteiger partial charge in [-0.25, -0.2) is 0 Å². The Morgan fingerprint density at radius 3 is 2.17 bits per heavy atom. The molecule has 1 aliphatic heterocycles. The second-order valence-electron chi connectivity index (χ2n) is 8.06. The van der Waals surface area contributed by atoms with Crippen molar-refractivity contribution >= 4 is 8.32 Å². The van der Waals surface area contributed by atoms with E-state index in [9.17, 15) is 0 Å². The van der Waals surface area contributed by atoms with E-state index in [1.54, 1.807) is 0 Å². The number of benzene rings is 1. The van der Waals surface area contributed by atoms with E-state index >= 15 is 0 Å². The topological polar surface area (TPSA) is 24.5 Å². The highest BCUT2D eigenvalue weighted by Gasteiger charge is 2.23. The minimum Gasteiger partial charge on any atom is -0.544 e. The summed E-state index contributed by atoms with van der Waals surface area (Å²) in [5.41, 5.74) is 1.44. The van der Waals surface area contributed by atoms with Gasteiger partial charge >= 0.3 is 0 Å². The largest absolute Gasteiger partial charge is 0.544 e. The van der Waals surface area contributed by atoms with Crippen LogP contribution in [0.3, 0.4) is 0 Å². The van der Waals surface area contributed by atoms with Gasteiger partial charge in [0.05, 0.1) is 0 Å². The number of hydrogen-bond acceptors (Lipinski definition) is 3. The minimum atomic E-state index is -1.52. The van der Waals surface area contributed by atoms with Gasteiger partial charge in [0.2, 0.25) is 8.32 Å². The first kappa shape index (κ1) is 18.5. The van der Waals surface area contributed by atoms with Crippen molar-refractivity contribution < 1.29 is 4.43 Å². The third-order valence-electron chi connectivity index (χ3n) is 4.30. The van der Waals surface area contributed by atoms with E-state index in [1.165, 1.54) is 18.4 Å². The normalized spacial score (nSPS) is 18.2. The smallest absolute Gasteiger partial charge is 0.242 e. The third-order valence-corrected chi connectivity index (χ3v) is 5.15. The predicted octanol–water partition coefficient (Wildman–Crippen LogP) is 4.28. The van der Waals surface area contributed by atoms with Crippen LogP contribution in [0, 0.1) is 5.92 Å². The molecule has 0 unspecified atom stereocenters. The van der Waals surface area contributed by atoms with Crippen LogP contribution in [0.4, 0.5) is 0 Å². The standard InChI is InChI=1S/C19H34N2OSi/c1-16(2)6-11-19(21-14-12-20-13-15-21)17-7-9-18(10-8-17)22-23(3,4)5/h7-10,16,19-20H,6,11-15H2,1-5H3/t19-/m1/s1. The monoisotopic (exact) mass is 334 g/mol. The molecule has 130 valence electrons. The van der Waals surface area contributed by atoms with Crippen molar-refractivity contribution in [1.29, 1.82) is 0 Å². The minimum absolute atomic E-state index is 0.542. The molecule has 0 bridgehead atoms. The molecule has 0 aliphatic carbocycles. The number of nitrogens with zero attached hydrogens (tertiary/aromatic N) is 1. The first-order valence-electron chi connectivity index (χ1n) is 9.09. The van der Waals surface area contributed by atoms with Gasteiger partial charge in [-0.2, -0.15) is 0 Å². The Morgan fingerprint density at radius 1 is 1.04 bits per heavy atom. The van der Waals surface area contributed by atoms with Crippen LogP contribution in [-0.2, 0) is 0 Å². The molecule has 1 aromatic carbocycles. The highest BCUT2D eigenvalue weighted by atomic mass is 28.4. The molecule has 0 spiro atoms. The molecule has 2 rings (SSSR count). The van der Waals surface area contributed by atoms with Gasteiger partial charge in [0.1, 0.15) is 5.75 Å². The Labute approximate surface area is 143 Å². The maximum atomic E-state index is 6.10. The highest BCUT2D eigenvalue weighted by molar-refractivity contribution is 6.70. The Bertz CT molecular complexity index is 461. The van der Waals surface area contributed by atoms with E-state index in [-0.39, 0.29) is 0 Å². The first-order valence-corrected chi connectivity index (χ1v) is 12.5. The number of piperazine rings is 1. The summed E-state index contributed by atoms with van der Waals surface area (Å²) in [7, 11) is -1.52. The van der Waals surface area contributed by atoms with Crippen LogP contribution < -0.4 is 9.74 Å². The summed E-state index contributed by atoms with van der Waals surface area (Å²) >= 11 is 0. The molecule has 0 radical (unpaired) electrons. The molecule has 1 atom stereocenters. The Balaban J connectivity index is 2.10. The summed E-state index contributed by atoms with van der Waals surface area (Å²) in [5.74, 6) is 1.78. The lowest BCUT2D eigenvalue weighted by Gasteiger charge is -2.36. The first-order chi connectivity index (χ1) is 10.8. The van der Waals surface area contributed by atoms with Gasteiger partial charge in [-0.3, -0.25) is 4.90 Å². The van der Waals surface area contributed by atoms with Crippen LogP contribution in [0.2, 0.25) is 19.6 Å². The van der Waals surface area contributed by atoms with E-state index in [2.05, 4.69) is 68.0 Å². The van der Waals surface area contributed by atoms with E-state index in [4.69, 9.17) is 4.43 Å². The lowest BCUT2D eigenvalue weighted by Crippen LogP contribution is -2.45. The van der Waals surface area contributed by atoms with Gasteiger partial charge in [0.15, 0.2) is 0 Å². The number of hydrogen-bond donors (Lipinski definition) is 1. The van der Waals surface area contributed by atoms with Crippen LogP contribution in [0.25, 0.3) is 0 Å². The maximum absolute atomic E-state index is 6.10. The Hall–Kier alpha value is -0.843. The van der Waals surface area contributed by atoms with Crippen LogP contribution in [0.15, 0.2) is 24.3 Å². The number of nitrogens with one attached hydrogen (secondary N) is 1. The van der Waals surface area contributed by atoms with Crippen molar-refractivity contribution in [3.63, 3.8) is 0 Å². The molecular weight excluding hydrogens is 300 g/mol. The molecule has 4 heteroatoms. The van der Waals surface area contributed by atoms with Crippen molar-refractivity contribution in [2.45, 2.75) is 52.4 Å². The Kier molecular flexibility index (Phi) is 6.68. The fraction of sp³-hybridized carbons (Fsp3) is 0.684. The van der Waals surface area contributed by atoms with E-state index in [1.807, 2.05) is 0 Å². The van der Waals surface area contributed by atoms with Crippen LogP contribution in [0.5, 0.6) is 5.75 Å². The molecule has 23 heavy (non-hydrogen) atoms. The number of rotatable bonds is 7. The second-order valence-corrected chi connectivity index (χ2v) is 12.5. The van der Waals surface area contributed by atoms with Gasteiger partial charge in [0, 0.05) is 32.2 Å².